The quantitative estimate of drug-likeness (QED) is 0.307. The van der Waals surface area contributed by atoms with Gasteiger partial charge in [-0.05, 0) is 56.9 Å². The summed E-state index contributed by atoms with van der Waals surface area (Å²) in [6.45, 7) is 1.06. The van der Waals surface area contributed by atoms with Crippen LogP contribution < -0.4 is 0 Å². The third-order valence-corrected chi connectivity index (χ3v) is 7.49. The smallest absolute Gasteiger partial charge is 0.291 e. The van der Waals surface area contributed by atoms with Gasteiger partial charge in [-0.3, -0.25) is 19.4 Å². The molecule has 9 nitrogen and oxygen atoms in total. The van der Waals surface area contributed by atoms with Crippen molar-refractivity contribution in [1.82, 2.24) is 19.1 Å². The highest BCUT2D eigenvalue weighted by Gasteiger charge is 2.51. The van der Waals surface area contributed by atoms with Crippen LogP contribution in [0.1, 0.15) is 28.4 Å². The summed E-state index contributed by atoms with van der Waals surface area (Å²) >= 11 is 0. The molecule has 1 aliphatic heterocycles. The molecule has 0 aliphatic carbocycles. The number of nitrogens with zero attached hydrogens (tertiary/aromatic N) is 4. The SMILES string of the molecule is CN(C)CCCN1C(=O)C(=O)C(C(=O)c2ccc(S(=O)(=O)N(C)C)cc2)C1c1ccncc1. The fourth-order valence-electron chi connectivity index (χ4n) is 3.90. The lowest BCUT2D eigenvalue weighted by molar-refractivity contribution is -0.140. The maximum absolute atomic E-state index is 13.4. The van der Waals surface area contributed by atoms with E-state index in [1.54, 1.807) is 24.5 Å². The van der Waals surface area contributed by atoms with Crippen LogP contribution in [0.5, 0.6) is 0 Å². The van der Waals surface area contributed by atoms with Gasteiger partial charge in [-0.2, -0.15) is 0 Å². The molecule has 0 bridgehead atoms. The molecule has 10 heteroatoms. The zero-order chi connectivity index (χ0) is 24.3. The minimum atomic E-state index is -3.66. The van der Waals surface area contributed by atoms with Crippen molar-refractivity contribution in [3.63, 3.8) is 0 Å². The highest BCUT2D eigenvalue weighted by atomic mass is 32.2. The zero-order valence-corrected chi connectivity index (χ0v) is 19.9. The second-order valence-corrected chi connectivity index (χ2v) is 10.6. The van der Waals surface area contributed by atoms with Crippen molar-refractivity contribution in [1.29, 1.82) is 0 Å². The molecule has 1 aromatic carbocycles. The highest BCUT2D eigenvalue weighted by molar-refractivity contribution is 7.89. The topological polar surface area (TPSA) is 108 Å². The van der Waals surface area contributed by atoms with Gasteiger partial charge in [0.1, 0.15) is 5.92 Å². The van der Waals surface area contributed by atoms with E-state index in [4.69, 9.17) is 0 Å². The summed E-state index contributed by atoms with van der Waals surface area (Å²) in [6, 6.07) is 8.09. The summed E-state index contributed by atoms with van der Waals surface area (Å²) in [5.41, 5.74) is 0.826. The Kier molecular flexibility index (Phi) is 7.41. The molecule has 1 fully saturated rings. The molecule has 0 spiro atoms. The largest absolute Gasteiger partial charge is 0.328 e. The number of pyridine rings is 1. The van der Waals surface area contributed by atoms with E-state index in [-0.39, 0.29) is 10.5 Å². The second kappa shape index (κ2) is 9.90. The van der Waals surface area contributed by atoms with Crippen molar-refractivity contribution in [2.24, 2.45) is 5.92 Å². The van der Waals surface area contributed by atoms with Crippen molar-refractivity contribution in [2.45, 2.75) is 17.4 Å². The average molecular weight is 473 g/mol. The number of ketones is 2. The maximum Gasteiger partial charge on any atom is 0.291 e. The van der Waals surface area contributed by atoms with E-state index < -0.39 is 39.5 Å². The lowest BCUT2D eigenvalue weighted by Gasteiger charge is -2.27. The van der Waals surface area contributed by atoms with Crippen LogP contribution >= 0.6 is 0 Å². The number of hydrogen-bond acceptors (Lipinski definition) is 7. The van der Waals surface area contributed by atoms with Crippen molar-refractivity contribution in [3.05, 3.63) is 59.9 Å². The van der Waals surface area contributed by atoms with Gasteiger partial charge in [-0.1, -0.05) is 12.1 Å². The molecule has 2 aromatic rings. The Balaban J connectivity index is 1.96. The Hall–Kier alpha value is -2.95. The van der Waals surface area contributed by atoms with Gasteiger partial charge in [0.2, 0.25) is 15.8 Å². The molecule has 1 saturated heterocycles. The monoisotopic (exact) mass is 472 g/mol. The zero-order valence-electron chi connectivity index (χ0n) is 19.1. The maximum atomic E-state index is 13.4. The van der Waals surface area contributed by atoms with Crippen LogP contribution in [0.25, 0.3) is 0 Å². The Morgan fingerprint density at radius 2 is 1.61 bits per heavy atom. The molecule has 33 heavy (non-hydrogen) atoms. The third kappa shape index (κ3) is 5.02. The van der Waals surface area contributed by atoms with Crippen LogP contribution in [-0.2, 0) is 19.6 Å². The first-order valence-electron chi connectivity index (χ1n) is 10.5. The van der Waals surface area contributed by atoms with Crippen molar-refractivity contribution >= 4 is 27.5 Å². The predicted octanol–water partition coefficient (Wildman–Crippen LogP) is 1.24. The van der Waals surface area contributed by atoms with E-state index in [2.05, 4.69) is 4.98 Å². The molecule has 2 unspecified atom stereocenters. The molecule has 1 amide bonds. The number of amides is 1. The first kappa shape index (κ1) is 24.7. The van der Waals surface area contributed by atoms with Gasteiger partial charge in [-0.15, -0.1) is 0 Å². The van der Waals surface area contributed by atoms with Gasteiger partial charge >= 0.3 is 0 Å². The molecule has 2 atom stereocenters. The summed E-state index contributed by atoms with van der Waals surface area (Å²) in [5, 5.41) is 0. The highest BCUT2D eigenvalue weighted by Crippen LogP contribution is 2.38. The Morgan fingerprint density at radius 3 is 2.15 bits per heavy atom. The van der Waals surface area contributed by atoms with Gasteiger partial charge in [0, 0.05) is 38.6 Å². The van der Waals surface area contributed by atoms with Crippen LogP contribution in [0.15, 0.2) is 53.7 Å². The number of rotatable bonds is 9. The molecule has 3 rings (SSSR count). The Bertz CT molecular complexity index is 1130. The number of likely N-dealkylation sites (tertiary alicyclic amines) is 1. The van der Waals surface area contributed by atoms with E-state index in [1.165, 1.54) is 43.3 Å². The van der Waals surface area contributed by atoms with E-state index in [1.807, 2.05) is 19.0 Å². The summed E-state index contributed by atoms with van der Waals surface area (Å²) in [5.74, 6) is -3.16. The van der Waals surface area contributed by atoms with E-state index in [9.17, 15) is 22.8 Å². The summed E-state index contributed by atoms with van der Waals surface area (Å²) < 4.78 is 25.7. The lowest BCUT2D eigenvalue weighted by atomic mass is 9.86. The number of aromatic nitrogens is 1. The Labute approximate surface area is 194 Å². The van der Waals surface area contributed by atoms with Crippen LogP contribution in [0.4, 0.5) is 0 Å². The minimum Gasteiger partial charge on any atom is -0.328 e. The Morgan fingerprint density at radius 1 is 1.00 bits per heavy atom. The molecule has 0 saturated carbocycles. The van der Waals surface area contributed by atoms with Crippen molar-refractivity contribution in [3.8, 4) is 0 Å². The van der Waals surface area contributed by atoms with Gasteiger partial charge in [0.15, 0.2) is 5.78 Å². The normalized spacial score (nSPS) is 19.0. The fraction of sp³-hybridized carbons (Fsp3) is 0.391. The predicted molar refractivity (Wildman–Crippen MR) is 122 cm³/mol. The van der Waals surface area contributed by atoms with Gasteiger partial charge in [0.05, 0.1) is 10.9 Å². The first-order valence-corrected chi connectivity index (χ1v) is 12.0. The molecule has 1 aromatic heterocycles. The number of benzene rings is 1. The van der Waals surface area contributed by atoms with Crippen LogP contribution in [0.2, 0.25) is 0 Å². The molecular weight excluding hydrogens is 444 g/mol. The molecule has 1 aliphatic rings. The van der Waals surface area contributed by atoms with E-state index >= 15 is 0 Å². The van der Waals surface area contributed by atoms with Crippen LogP contribution in [0.3, 0.4) is 0 Å². The number of hydrogen-bond donors (Lipinski definition) is 0. The van der Waals surface area contributed by atoms with E-state index in [0.717, 1.165) is 10.8 Å². The van der Waals surface area contributed by atoms with Crippen LogP contribution in [-0.4, -0.2) is 86.3 Å². The number of carbonyl (C=O) groups excluding carboxylic acids is 3. The van der Waals surface area contributed by atoms with Crippen molar-refractivity contribution in [2.75, 3.05) is 41.3 Å². The summed E-state index contributed by atoms with van der Waals surface area (Å²) in [7, 11) is 3.02. The summed E-state index contributed by atoms with van der Waals surface area (Å²) in [4.78, 5) is 46.8. The number of Topliss-reactive ketones (excluding diaryl/α,β-unsaturated/α-hetero) is 2. The molecule has 176 valence electrons. The van der Waals surface area contributed by atoms with E-state index in [0.29, 0.717) is 18.5 Å². The molecule has 0 radical (unpaired) electrons. The van der Waals surface area contributed by atoms with Crippen LogP contribution in [0, 0.1) is 5.92 Å². The molecule has 0 N–H and O–H groups in total. The standard InChI is InChI=1S/C23H28N4O5S/c1-25(2)14-5-15-27-20(16-10-12-24-13-11-16)19(22(29)23(27)30)21(28)17-6-8-18(9-7-17)33(31,32)26(3)4/h6-13,19-20H,5,14-15H2,1-4H3. The number of sulfonamides is 1. The minimum absolute atomic E-state index is 0.0360. The first-order chi connectivity index (χ1) is 15.6. The number of carbonyl (C=O) groups is 3. The van der Waals surface area contributed by atoms with Gasteiger partial charge in [-0.25, -0.2) is 12.7 Å². The second-order valence-electron chi connectivity index (χ2n) is 8.40. The lowest BCUT2D eigenvalue weighted by Crippen LogP contribution is -2.33. The van der Waals surface area contributed by atoms with Crippen molar-refractivity contribution < 1.29 is 22.8 Å². The third-order valence-electron chi connectivity index (χ3n) is 5.66. The average Bonchev–Trinajstić information content (AvgIpc) is 3.04. The van der Waals surface area contributed by atoms with Gasteiger partial charge in [0.25, 0.3) is 5.91 Å². The molecule has 2 heterocycles. The van der Waals surface area contributed by atoms with Gasteiger partial charge < -0.3 is 9.80 Å². The fourth-order valence-corrected chi connectivity index (χ4v) is 4.80. The molecular formula is C23H28N4O5S. The summed E-state index contributed by atoms with van der Waals surface area (Å²) in [6.07, 6.45) is 3.76.